The van der Waals surface area contributed by atoms with Crippen LogP contribution in [-0.2, 0) is 0 Å². The molecule has 100 valence electrons. The van der Waals surface area contributed by atoms with Gasteiger partial charge in [0, 0.05) is 10.4 Å². The van der Waals surface area contributed by atoms with E-state index in [4.69, 9.17) is 16.3 Å². The molecule has 1 nitrogen and oxygen atoms in total. The fraction of sp³-hybridized carbons (Fsp3) is 0.600. The lowest BCUT2D eigenvalue weighted by molar-refractivity contribution is 0.148. The zero-order valence-electron chi connectivity index (χ0n) is 10.7. The Morgan fingerprint density at radius 3 is 2.50 bits per heavy atom. The van der Waals surface area contributed by atoms with Gasteiger partial charge < -0.3 is 4.74 Å². The van der Waals surface area contributed by atoms with Crippen molar-refractivity contribution in [3.63, 3.8) is 0 Å². The Kier molecular flexibility index (Phi) is 5.25. The molecule has 0 heterocycles. The number of ether oxygens (including phenoxy) is 1. The number of thiol groups is 1. The lowest BCUT2D eigenvalue weighted by Crippen LogP contribution is -2.30. The van der Waals surface area contributed by atoms with E-state index in [1.165, 1.54) is 38.5 Å². The number of hydrogen-bond acceptors (Lipinski definition) is 2. The molecule has 1 aromatic rings. The van der Waals surface area contributed by atoms with Gasteiger partial charge in [-0.2, -0.15) is 12.6 Å². The van der Waals surface area contributed by atoms with Crippen LogP contribution in [0.3, 0.4) is 0 Å². The first-order chi connectivity index (χ1) is 8.74. The van der Waals surface area contributed by atoms with Crippen LogP contribution < -0.4 is 4.74 Å². The molecule has 0 amide bonds. The molecule has 0 radical (unpaired) electrons. The quantitative estimate of drug-likeness (QED) is 0.605. The van der Waals surface area contributed by atoms with Gasteiger partial charge in [0.1, 0.15) is 5.75 Å². The lowest BCUT2D eigenvalue weighted by atomic mass is 9.83. The molecule has 0 atom stereocenters. The number of rotatable bonds is 4. The van der Waals surface area contributed by atoms with Crippen molar-refractivity contribution in [2.75, 3.05) is 12.4 Å². The summed E-state index contributed by atoms with van der Waals surface area (Å²) in [5, 5.41) is 0.730. The van der Waals surface area contributed by atoms with Crippen molar-refractivity contribution in [3.8, 4) is 5.75 Å². The molecule has 0 N–H and O–H groups in total. The predicted molar refractivity (Wildman–Crippen MR) is 80.9 cm³/mol. The predicted octanol–water partition coefficient (Wildman–Crippen LogP) is 4.99. The van der Waals surface area contributed by atoms with Crippen LogP contribution in [0.1, 0.15) is 38.5 Å². The molecule has 3 heteroatoms. The standard InChI is InChI=1S/C15H21ClOS/c16-13-6-5-7-14(10-13)17-11-15(12-18)8-3-1-2-4-9-15/h5-7,10,18H,1-4,8-9,11-12H2. The fourth-order valence-electron chi connectivity index (χ4n) is 2.62. The van der Waals surface area contributed by atoms with Gasteiger partial charge >= 0.3 is 0 Å². The van der Waals surface area contributed by atoms with Gasteiger partial charge in [-0.15, -0.1) is 0 Å². The van der Waals surface area contributed by atoms with Crippen molar-refractivity contribution in [1.82, 2.24) is 0 Å². The Labute approximate surface area is 120 Å². The third-order valence-corrected chi connectivity index (χ3v) is 4.75. The molecule has 0 unspecified atom stereocenters. The molecule has 1 aromatic carbocycles. The van der Waals surface area contributed by atoms with Crippen molar-refractivity contribution >= 4 is 24.2 Å². The van der Waals surface area contributed by atoms with E-state index < -0.39 is 0 Å². The second kappa shape index (κ2) is 6.72. The molecule has 0 bridgehead atoms. The third kappa shape index (κ3) is 3.83. The Bertz CT molecular complexity index is 373. The second-order valence-electron chi connectivity index (χ2n) is 5.32. The summed E-state index contributed by atoms with van der Waals surface area (Å²) in [6, 6.07) is 7.64. The van der Waals surface area contributed by atoms with E-state index in [0.29, 0.717) is 0 Å². The smallest absolute Gasteiger partial charge is 0.120 e. The minimum absolute atomic E-state index is 0.252. The first kappa shape index (κ1) is 14.1. The molecule has 1 saturated carbocycles. The van der Waals surface area contributed by atoms with Crippen LogP contribution >= 0.6 is 24.2 Å². The molecule has 0 saturated heterocycles. The van der Waals surface area contributed by atoms with E-state index in [2.05, 4.69) is 12.6 Å². The molecule has 1 aliphatic carbocycles. The van der Waals surface area contributed by atoms with E-state index in [-0.39, 0.29) is 5.41 Å². The molecule has 2 rings (SSSR count). The number of benzene rings is 1. The summed E-state index contributed by atoms with van der Waals surface area (Å²) in [5.41, 5.74) is 0.252. The summed E-state index contributed by atoms with van der Waals surface area (Å²) in [7, 11) is 0. The normalized spacial score (nSPS) is 19.2. The highest BCUT2D eigenvalue weighted by Crippen LogP contribution is 2.36. The van der Waals surface area contributed by atoms with Crippen LogP contribution in [-0.4, -0.2) is 12.4 Å². The molecular formula is C15H21ClOS. The molecule has 0 aromatic heterocycles. The van der Waals surface area contributed by atoms with Crippen LogP contribution in [0.5, 0.6) is 5.75 Å². The second-order valence-corrected chi connectivity index (χ2v) is 6.07. The highest BCUT2D eigenvalue weighted by Gasteiger charge is 2.30. The van der Waals surface area contributed by atoms with Crippen molar-refractivity contribution in [3.05, 3.63) is 29.3 Å². The molecule has 1 fully saturated rings. The maximum Gasteiger partial charge on any atom is 0.120 e. The van der Waals surface area contributed by atoms with Crippen molar-refractivity contribution in [2.45, 2.75) is 38.5 Å². The van der Waals surface area contributed by atoms with Crippen LogP contribution in [0.2, 0.25) is 5.02 Å². The highest BCUT2D eigenvalue weighted by molar-refractivity contribution is 7.80. The van der Waals surface area contributed by atoms with Gasteiger partial charge in [0.25, 0.3) is 0 Å². The summed E-state index contributed by atoms with van der Waals surface area (Å²) in [4.78, 5) is 0. The van der Waals surface area contributed by atoms with Crippen molar-refractivity contribution in [1.29, 1.82) is 0 Å². The first-order valence-electron chi connectivity index (χ1n) is 6.73. The Balaban J connectivity index is 1.97. The minimum atomic E-state index is 0.252. The summed E-state index contributed by atoms with van der Waals surface area (Å²) in [6.07, 6.45) is 7.78. The zero-order chi connectivity index (χ0) is 12.8. The van der Waals surface area contributed by atoms with Gasteiger partial charge in [-0.05, 0) is 36.8 Å². The van der Waals surface area contributed by atoms with Crippen molar-refractivity contribution < 1.29 is 4.74 Å². The van der Waals surface area contributed by atoms with E-state index >= 15 is 0 Å². The molecule has 1 aliphatic rings. The van der Waals surface area contributed by atoms with E-state index in [0.717, 1.165) is 23.1 Å². The number of hydrogen-bond donors (Lipinski definition) is 1. The third-order valence-electron chi connectivity index (χ3n) is 3.84. The van der Waals surface area contributed by atoms with E-state index in [9.17, 15) is 0 Å². The van der Waals surface area contributed by atoms with Gasteiger partial charge in [-0.25, -0.2) is 0 Å². The molecule has 0 spiro atoms. The summed E-state index contributed by atoms with van der Waals surface area (Å²) < 4.78 is 5.94. The minimum Gasteiger partial charge on any atom is -0.493 e. The largest absolute Gasteiger partial charge is 0.493 e. The summed E-state index contributed by atoms with van der Waals surface area (Å²) in [5.74, 6) is 1.78. The van der Waals surface area contributed by atoms with E-state index in [1.54, 1.807) is 0 Å². The summed E-state index contributed by atoms with van der Waals surface area (Å²) in [6.45, 7) is 0.761. The first-order valence-corrected chi connectivity index (χ1v) is 7.74. The maximum absolute atomic E-state index is 5.97. The van der Waals surface area contributed by atoms with Crippen LogP contribution in [0.4, 0.5) is 0 Å². The fourth-order valence-corrected chi connectivity index (χ4v) is 3.21. The Morgan fingerprint density at radius 2 is 1.89 bits per heavy atom. The highest BCUT2D eigenvalue weighted by atomic mass is 35.5. The van der Waals surface area contributed by atoms with Crippen LogP contribution in [0, 0.1) is 5.41 Å². The van der Waals surface area contributed by atoms with Crippen molar-refractivity contribution in [2.24, 2.45) is 5.41 Å². The molecule has 18 heavy (non-hydrogen) atoms. The average Bonchev–Trinajstić information content (AvgIpc) is 2.63. The lowest BCUT2D eigenvalue weighted by Gasteiger charge is -2.30. The average molecular weight is 285 g/mol. The van der Waals surface area contributed by atoms with E-state index in [1.807, 2.05) is 24.3 Å². The van der Waals surface area contributed by atoms with Gasteiger partial charge in [0.05, 0.1) is 6.61 Å². The van der Waals surface area contributed by atoms with Crippen LogP contribution in [0.15, 0.2) is 24.3 Å². The van der Waals surface area contributed by atoms with Gasteiger partial charge in [-0.1, -0.05) is 43.4 Å². The Hall–Kier alpha value is -0.340. The topological polar surface area (TPSA) is 9.23 Å². The maximum atomic E-state index is 5.97. The Morgan fingerprint density at radius 1 is 1.17 bits per heavy atom. The monoisotopic (exact) mass is 284 g/mol. The van der Waals surface area contributed by atoms with Gasteiger partial charge in [-0.3, -0.25) is 0 Å². The van der Waals surface area contributed by atoms with Gasteiger partial charge in [0.15, 0.2) is 0 Å². The summed E-state index contributed by atoms with van der Waals surface area (Å²) >= 11 is 10.5. The molecular weight excluding hydrogens is 264 g/mol. The SMILES string of the molecule is SCC1(COc2cccc(Cl)c2)CCCCCC1. The molecule has 0 aliphatic heterocycles. The van der Waals surface area contributed by atoms with Gasteiger partial charge in [0.2, 0.25) is 0 Å². The number of halogens is 1. The zero-order valence-corrected chi connectivity index (χ0v) is 12.4. The van der Waals surface area contributed by atoms with Crippen LogP contribution in [0.25, 0.3) is 0 Å².